The number of tetrazole rings is 1. The Morgan fingerprint density at radius 2 is 1.66 bits per heavy atom. The van der Waals surface area contributed by atoms with Crippen LogP contribution in [0.15, 0.2) is 102 Å². The molecule has 0 unspecified atom stereocenters. The highest BCUT2D eigenvalue weighted by molar-refractivity contribution is 5.89. The zero-order valence-corrected chi connectivity index (χ0v) is 24.1. The number of esters is 1. The Kier molecular flexibility index (Phi) is 8.49. The number of ether oxygens (including phenoxy) is 2. The van der Waals surface area contributed by atoms with Crippen molar-refractivity contribution in [1.82, 2.24) is 30.2 Å². The summed E-state index contributed by atoms with van der Waals surface area (Å²) in [6.45, 7) is 2.68. The van der Waals surface area contributed by atoms with Crippen molar-refractivity contribution in [3.63, 3.8) is 0 Å². The lowest BCUT2D eigenvalue weighted by atomic mass is 9.98. The summed E-state index contributed by atoms with van der Waals surface area (Å²) in [7, 11) is 0. The predicted molar refractivity (Wildman–Crippen MR) is 166 cm³/mol. The van der Waals surface area contributed by atoms with Gasteiger partial charge in [0.15, 0.2) is 0 Å². The second-order valence-corrected chi connectivity index (χ2v) is 10.2. The molecule has 0 aliphatic heterocycles. The largest absolute Gasteiger partial charge is 0.490 e. The van der Waals surface area contributed by atoms with Crippen LogP contribution in [0.3, 0.4) is 0 Å². The molecule has 0 bridgehead atoms. The molecule has 0 amide bonds. The number of H-pyrrole nitrogens is 1. The number of aromatic nitrogens is 6. The summed E-state index contributed by atoms with van der Waals surface area (Å²) in [5.74, 6) is 1.36. The van der Waals surface area contributed by atoms with E-state index in [1.807, 2.05) is 54.6 Å². The van der Waals surface area contributed by atoms with Gasteiger partial charge in [0.05, 0.1) is 23.0 Å². The van der Waals surface area contributed by atoms with E-state index < -0.39 is 5.97 Å². The van der Waals surface area contributed by atoms with Crippen LogP contribution < -0.4 is 10.3 Å². The second-order valence-electron chi connectivity index (χ2n) is 10.2. The lowest BCUT2D eigenvalue weighted by Gasteiger charge is -2.15. The number of benzene rings is 4. The van der Waals surface area contributed by atoms with Gasteiger partial charge in [-0.05, 0) is 58.7 Å². The summed E-state index contributed by atoms with van der Waals surface area (Å²) < 4.78 is 12.8. The molecular weight excluding hydrogens is 556 g/mol. The second kappa shape index (κ2) is 13.1. The van der Waals surface area contributed by atoms with Crippen LogP contribution in [0.2, 0.25) is 0 Å². The zero-order valence-electron chi connectivity index (χ0n) is 24.1. The van der Waals surface area contributed by atoms with E-state index in [1.54, 1.807) is 47.0 Å². The fourth-order valence-electron chi connectivity index (χ4n) is 5.04. The van der Waals surface area contributed by atoms with Crippen LogP contribution in [-0.4, -0.2) is 49.4 Å². The summed E-state index contributed by atoms with van der Waals surface area (Å²) in [5, 5.41) is 14.9. The summed E-state index contributed by atoms with van der Waals surface area (Å²) in [5.41, 5.74) is 4.80. The third-order valence-corrected chi connectivity index (χ3v) is 7.19. The highest BCUT2D eigenvalue weighted by atomic mass is 16.6. The molecular formula is C34H30N6O4. The summed E-state index contributed by atoms with van der Waals surface area (Å²) >= 11 is 0. The van der Waals surface area contributed by atoms with Gasteiger partial charge < -0.3 is 9.47 Å². The molecule has 6 rings (SSSR count). The first-order valence-electron chi connectivity index (χ1n) is 14.4. The number of hydrogen-bond donors (Lipinski definition) is 1. The monoisotopic (exact) mass is 586 g/mol. The minimum absolute atomic E-state index is 0.0826. The van der Waals surface area contributed by atoms with E-state index in [4.69, 9.17) is 14.5 Å². The Morgan fingerprint density at radius 3 is 2.41 bits per heavy atom. The van der Waals surface area contributed by atoms with E-state index in [-0.39, 0.29) is 18.8 Å². The van der Waals surface area contributed by atoms with Crippen molar-refractivity contribution in [3.8, 4) is 28.3 Å². The van der Waals surface area contributed by atoms with E-state index in [1.165, 1.54) is 0 Å². The first kappa shape index (κ1) is 28.5. The molecule has 2 aromatic heterocycles. The van der Waals surface area contributed by atoms with Crippen LogP contribution in [0, 0.1) is 0 Å². The summed E-state index contributed by atoms with van der Waals surface area (Å²) in [6, 6.07) is 30.1. The lowest BCUT2D eigenvalue weighted by Crippen LogP contribution is -2.26. The first-order chi connectivity index (χ1) is 21.6. The normalized spacial score (nSPS) is 11.0. The molecule has 0 atom stereocenters. The number of nitrogens with zero attached hydrogens (tertiary/aromatic N) is 5. The third-order valence-electron chi connectivity index (χ3n) is 7.19. The maximum Gasteiger partial charge on any atom is 0.338 e. The van der Waals surface area contributed by atoms with Gasteiger partial charge in [-0.1, -0.05) is 73.7 Å². The minimum Gasteiger partial charge on any atom is -0.490 e. The maximum atomic E-state index is 13.8. The molecule has 4 aromatic carbocycles. The minimum atomic E-state index is -0.410. The number of carbonyl (C=O) groups excluding carboxylic acids is 1. The lowest BCUT2D eigenvalue weighted by molar-refractivity contribution is 0.0450. The maximum absolute atomic E-state index is 13.8. The number of rotatable bonds is 11. The van der Waals surface area contributed by atoms with Gasteiger partial charge in [-0.25, -0.2) is 9.78 Å². The van der Waals surface area contributed by atoms with Gasteiger partial charge >= 0.3 is 5.97 Å². The molecule has 0 spiro atoms. The zero-order chi connectivity index (χ0) is 30.3. The number of nitrogens with one attached hydrogen (secondary N) is 1. The van der Waals surface area contributed by atoms with Crippen molar-refractivity contribution >= 4 is 16.9 Å². The van der Waals surface area contributed by atoms with Gasteiger partial charge in [0, 0.05) is 12.0 Å². The van der Waals surface area contributed by atoms with Crippen LogP contribution in [0.1, 0.15) is 35.1 Å². The fraction of sp³-hybridized carbons (Fsp3) is 0.176. The summed E-state index contributed by atoms with van der Waals surface area (Å²) in [4.78, 5) is 30.8. The third kappa shape index (κ3) is 6.24. The van der Waals surface area contributed by atoms with Crippen LogP contribution in [-0.2, 0) is 17.7 Å². The number of aryl methyl sites for hydroxylation is 1. The molecule has 44 heavy (non-hydrogen) atoms. The number of carbonyl (C=O) groups is 1. The van der Waals surface area contributed by atoms with Crippen molar-refractivity contribution in [2.24, 2.45) is 0 Å². The molecule has 6 aromatic rings. The molecule has 10 heteroatoms. The Morgan fingerprint density at radius 1 is 0.886 bits per heavy atom. The van der Waals surface area contributed by atoms with Crippen LogP contribution >= 0.6 is 0 Å². The average Bonchev–Trinajstić information content (AvgIpc) is 3.61. The van der Waals surface area contributed by atoms with Gasteiger partial charge in [0.25, 0.3) is 5.56 Å². The number of aromatic amines is 1. The highest BCUT2D eigenvalue weighted by Crippen LogP contribution is 2.30. The predicted octanol–water partition coefficient (Wildman–Crippen LogP) is 5.48. The van der Waals surface area contributed by atoms with Crippen molar-refractivity contribution in [2.45, 2.75) is 26.3 Å². The molecule has 0 saturated heterocycles. The topological polar surface area (TPSA) is 125 Å². The van der Waals surface area contributed by atoms with Gasteiger partial charge in [-0.15, -0.1) is 10.2 Å². The van der Waals surface area contributed by atoms with E-state index in [0.717, 1.165) is 34.5 Å². The highest BCUT2D eigenvalue weighted by Gasteiger charge is 2.14. The molecule has 10 nitrogen and oxygen atoms in total. The van der Waals surface area contributed by atoms with Gasteiger partial charge in [0.2, 0.25) is 5.82 Å². The first-order valence-corrected chi connectivity index (χ1v) is 14.4. The van der Waals surface area contributed by atoms with E-state index >= 15 is 0 Å². The molecule has 1 N–H and O–H groups in total. The quantitative estimate of drug-likeness (QED) is 0.156. The van der Waals surface area contributed by atoms with Gasteiger partial charge in [-0.2, -0.15) is 5.21 Å². The van der Waals surface area contributed by atoms with Crippen molar-refractivity contribution in [1.29, 1.82) is 0 Å². The van der Waals surface area contributed by atoms with Crippen LogP contribution in [0.4, 0.5) is 0 Å². The molecule has 0 aliphatic carbocycles. The molecule has 0 saturated carbocycles. The Bertz CT molecular complexity index is 1940. The van der Waals surface area contributed by atoms with Gasteiger partial charge in [-0.3, -0.25) is 9.36 Å². The van der Waals surface area contributed by atoms with Crippen molar-refractivity contribution < 1.29 is 14.3 Å². The molecule has 0 fully saturated rings. The standard InChI is InChI=1S/C34H30N6O4/c1-2-8-31-35-30-18-17-26(43-19-20-44-34(42)25-9-4-3-5-10-25)21-29(30)33(41)40(31)22-23-13-15-24(16-14-23)27-11-6-7-12-28(27)32-36-38-39-37-32/h3-7,9-18,21H,2,8,19-20,22H2,1H3,(H,36,37,38,39). The molecule has 0 radical (unpaired) electrons. The molecule has 2 heterocycles. The Balaban J connectivity index is 1.20. The Hall–Kier alpha value is -5.64. The van der Waals surface area contributed by atoms with E-state index in [0.29, 0.717) is 41.0 Å². The SMILES string of the molecule is CCCc1nc2ccc(OCCOC(=O)c3ccccc3)cc2c(=O)n1Cc1ccc(-c2ccccc2-c2nn[nH]n2)cc1. The van der Waals surface area contributed by atoms with Crippen LogP contribution in [0.5, 0.6) is 5.75 Å². The van der Waals surface area contributed by atoms with E-state index in [2.05, 4.69) is 27.5 Å². The molecule has 220 valence electrons. The fourth-order valence-corrected chi connectivity index (χ4v) is 5.04. The van der Waals surface area contributed by atoms with Crippen LogP contribution in [0.25, 0.3) is 33.4 Å². The van der Waals surface area contributed by atoms with Crippen molar-refractivity contribution in [3.05, 3.63) is 124 Å². The molecule has 0 aliphatic rings. The number of hydrogen-bond acceptors (Lipinski definition) is 8. The van der Waals surface area contributed by atoms with Gasteiger partial charge in [0.1, 0.15) is 24.8 Å². The summed E-state index contributed by atoms with van der Waals surface area (Å²) in [6.07, 6.45) is 1.53. The van der Waals surface area contributed by atoms with Crippen molar-refractivity contribution in [2.75, 3.05) is 13.2 Å². The number of fused-ring (bicyclic) bond motifs is 1. The average molecular weight is 587 g/mol. The smallest absolute Gasteiger partial charge is 0.338 e. The van der Waals surface area contributed by atoms with E-state index in [9.17, 15) is 9.59 Å². The Labute approximate surface area is 253 Å².